The van der Waals surface area contributed by atoms with Gasteiger partial charge in [0.25, 0.3) is 5.56 Å². The Balaban J connectivity index is 1.60. The molecule has 0 aliphatic carbocycles. The van der Waals surface area contributed by atoms with E-state index in [-0.39, 0.29) is 11.7 Å². The van der Waals surface area contributed by atoms with Crippen LogP contribution in [0.15, 0.2) is 17.2 Å². The highest BCUT2D eigenvalue weighted by atomic mass is 16.5. The summed E-state index contributed by atoms with van der Waals surface area (Å²) < 4.78 is 9.27. The molecule has 3 rings (SSSR count). The molecule has 0 saturated carbocycles. The Bertz CT molecular complexity index is 774. The van der Waals surface area contributed by atoms with Gasteiger partial charge >= 0.3 is 0 Å². The highest BCUT2D eigenvalue weighted by Crippen LogP contribution is 2.11. The molecule has 10 nitrogen and oxygen atoms in total. The van der Waals surface area contributed by atoms with Crippen molar-refractivity contribution in [1.82, 2.24) is 34.7 Å². The van der Waals surface area contributed by atoms with Crippen molar-refractivity contribution < 1.29 is 4.74 Å². The number of hydrogen-bond acceptors (Lipinski definition) is 8. The smallest absolute Gasteiger partial charge is 0.293 e. The fourth-order valence-electron chi connectivity index (χ4n) is 3.09. The molecule has 10 heteroatoms. The summed E-state index contributed by atoms with van der Waals surface area (Å²) in [6.45, 7) is 6.47. The second-order valence-corrected chi connectivity index (χ2v) is 6.59. The van der Waals surface area contributed by atoms with Crippen molar-refractivity contribution in [3.05, 3.63) is 28.6 Å². The molecule has 1 aliphatic rings. The van der Waals surface area contributed by atoms with Gasteiger partial charge in [-0.3, -0.25) is 9.69 Å². The first-order valence-electron chi connectivity index (χ1n) is 8.90. The van der Waals surface area contributed by atoms with Gasteiger partial charge in [-0.1, -0.05) is 6.92 Å². The van der Waals surface area contributed by atoms with E-state index in [1.807, 2.05) is 16.6 Å². The van der Waals surface area contributed by atoms with E-state index >= 15 is 0 Å². The Labute approximate surface area is 152 Å². The minimum atomic E-state index is -0.110. The summed E-state index contributed by atoms with van der Waals surface area (Å²) in [5.74, 6) is 1.31. The van der Waals surface area contributed by atoms with Crippen LogP contribution < -0.4 is 10.5 Å². The normalized spacial score (nSPS) is 18.2. The van der Waals surface area contributed by atoms with Gasteiger partial charge in [0.05, 0.1) is 19.3 Å². The number of hydrogen-bond donors (Lipinski definition) is 0. The Morgan fingerprint density at radius 2 is 2.27 bits per heavy atom. The Kier molecular flexibility index (Phi) is 5.94. The van der Waals surface area contributed by atoms with E-state index in [0.29, 0.717) is 25.5 Å². The fourth-order valence-corrected chi connectivity index (χ4v) is 3.09. The van der Waals surface area contributed by atoms with E-state index in [0.717, 1.165) is 31.9 Å². The lowest BCUT2D eigenvalue weighted by molar-refractivity contribution is -0.0276. The van der Waals surface area contributed by atoms with Crippen LogP contribution in [-0.2, 0) is 24.9 Å². The quantitative estimate of drug-likeness (QED) is 0.652. The van der Waals surface area contributed by atoms with E-state index in [4.69, 9.17) is 4.74 Å². The molecule has 0 bridgehead atoms. The molecule has 0 N–H and O–H groups in total. The fraction of sp³-hybridized carbons (Fsp3) is 0.688. The number of nitrogens with zero attached hydrogens (tertiary/aromatic N) is 8. The summed E-state index contributed by atoms with van der Waals surface area (Å²) in [5.41, 5.74) is -0.110. The minimum absolute atomic E-state index is 0.00373. The number of aryl methyl sites for hydroxylation is 2. The zero-order chi connectivity index (χ0) is 18.5. The molecule has 1 atom stereocenters. The molecule has 1 saturated heterocycles. The second kappa shape index (κ2) is 8.37. The Hall–Kier alpha value is -2.33. The predicted molar refractivity (Wildman–Crippen MR) is 95.9 cm³/mol. The number of morpholine rings is 1. The average molecular weight is 362 g/mol. The van der Waals surface area contributed by atoms with Crippen molar-refractivity contribution in [2.45, 2.75) is 32.5 Å². The number of anilines is 1. The van der Waals surface area contributed by atoms with Gasteiger partial charge in [-0.25, -0.2) is 9.67 Å². The van der Waals surface area contributed by atoms with Crippen LogP contribution in [0.25, 0.3) is 0 Å². The Morgan fingerprint density at radius 1 is 1.42 bits per heavy atom. The third-order valence-corrected chi connectivity index (χ3v) is 4.47. The summed E-state index contributed by atoms with van der Waals surface area (Å²) in [7, 11) is 3.59. The molecule has 1 fully saturated rings. The monoisotopic (exact) mass is 362 g/mol. The van der Waals surface area contributed by atoms with E-state index in [2.05, 4.69) is 32.3 Å². The average Bonchev–Trinajstić information content (AvgIpc) is 3.05. The van der Waals surface area contributed by atoms with E-state index in [9.17, 15) is 4.79 Å². The lowest BCUT2D eigenvalue weighted by Crippen LogP contribution is -2.47. The highest BCUT2D eigenvalue weighted by Gasteiger charge is 2.24. The van der Waals surface area contributed by atoms with Gasteiger partial charge in [-0.05, 0) is 16.8 Å². The first-order valence-corrected chi connectivity index (χ1v) is 8.90. The summed E-state index contributed by atoms with van der Waals surface area (Å²) in [6.07, 6.45) is 4.28. The lowest BCUT2D eigenvalue weighted by atomic mass is 10.2. The van der Waals surface area contributed by atoms with Crippen LogP contribution >= 0.6 is 0 Å². The summed E-state index contributed by atoms with van der Waals surface area (Å²) in [5, 5.41) is 12.0. The van der Waals surface area contributed by atoms with Gasteiger partial charge in [-0.15, -0.1) is 5.10 Å². The molecule has 0 spiro atoms. The molecule has 2 aromatic rings. The van der Waals surface area contributed by atoms with Crippen molar-refractivity contribution in [2.75, 3.05) is 38.2 Å². The van der Waals surface area contributed by atoms with Crippen molar-refractivity contribution in [1.29, 1.82) is 0 Å². The minimum Gasteiger partial charge on any atom is -0.374 e. The molecule has 0 aromatic carbocycles. The van der Waals surface area contributed by atoms with Crippen LogP contribution in [-0.4, -0.2) is 74.1 Å². The number of likely N-dealkylation sites (N-methyl/N-ethyl adjacent to an activating group) is 1. The maximum absolute atomic E-state index is 12.2. The molecule has 0 amide bonds. The van der Waals surface area contributed by atoms with Gasteiger partial charge in [0.2, 0.25) is 0 Å². The number of rotatable bonds is 7. The standard InChI is InChI=1S/C16H26N8O2/c1-4-6-24-14(18-19-20-24)12-23-8-9-26-13(11-23)10-22(3)15-16(25)21(2)7-5-17-15/h5,7,13H,4,6,8-12H2,1-3H3. The molecule has 2 aromatic heterocycles. The molecule has 1 unspecified atom stereocenters. The van der Waals surface area contributed by atoms with E-state index in [1.54, 1.807) is 19.4 Å². The van der Waals surface area contributed by atoms with Crippen molar-refractivity contribution in [3.63, 3.8) is 0 Å². The van der Waals surface area contributed by atoms with Gasteiger partial charge in [0.15, 0.2) is 11.6 Å². The van der Waals surface area contributed by atoms with Gasteiger partial charge in [0.1, 0.15) is 0 Å². The van der Waals surface area contributed by atoms with Crippen LogP contribution in [0.3, 0.4) is 0 Å². The third-order valence-electron chi connectivity index (χ3n) is 4.47. The predicted octanol–water partition coefficient (Wildman–Crippen LogP) is -0.486. The molecular formula is C16H26N8O2. The summed E-state index contributed by atoms with van der Waals surface area (Å²) in [4.78, 5) is 20.6. The first kappa shape index (κ1) is 18.5. The molecule has 3 heterocycles. The highest BCUT2D eigenvalue weighted by molar-refractivity contribution is 5.34. The zero-order valence-corrected chi connectivity index (χ0v) is 15.6. The van der Waals surface area contributed by atoms with Crippen LogP contribution in [0.2, 0.25) is 0 Å². The number of aromatic nitrogens is 6. The van der Waals surface area contributed by atoms with Crippen molar-refractivity contribution >= 4 is 5.82 Å². The number of ether oxygens (including phenoxy) is 1. The molecule has 142 valence electrons. The lowest BCUT2D eigenvalue weighted by Gasteiger charge is -2.34. The van der Waals surface area contributed by atoms with Crippen molar-refractivity contribution in [2.24, 2.45) is 7.05 Å². The number of tetrazole rings is 1. The van der Waals surface area contributed by atoms with Crippen molar-refractivity contribution in [3.8, 4) is 0 Å². The van der Waals surface area contributed by atoms with Crippen LogP contribution in [0, 0.1) is 0 Å². The second-order valence-electron chi connectivity index (χ2n) is 6.59. The van der Waals surface area contributed by atoms with E-state index in [1.165, 1.54) is 4.57 Å². The Morgan fingerprint density at radius 3 is 3.08 bits per heavy atom. The summed E-state index contributed by atoms with van der Waals surface area (Å²) >= 11 is 0. The van der Waals surface area contributed by atoms with E-state index < -0.39 is 0 Å². The van der Waals surface area contributed by atoms with Gasteiger partial charge in [-0.2, -0.15) is 0 Å². The molecule has 0 radical (unpaired) electrons. The van der Waals surface area contributed by atoms with Crippen LogP contribution in [0.1, 0.15) is 19.2 Å². The maximum atomic E-state index is 12.2. The zero-order valence-electron chi connectivity index (χ0n) is 15.6. The molecule has 1 aliphatic heterocycles. The molecule has 26 heavy (non-hydrogen) atoms. The largest absolute Gasteiger partial charge is 0.374 e. The SMILES string of the molecule is CCCn1nnnc1CN1CCOC(CN(C)c2nccn(C)c2=O)C1. The van der Waals surface area contributed by atoms with Gasteiger partial charge in [0, 0.05) is 52.7 Å². The third kappa shape index (κ3) is 4.25. The first-order chi connectivity index (χ1) is 12.6. The topological polar surface area (TPSA) is 94.2 Å². The van der Waals surface area contributed by atoms with Crippen LogP contribution in [0.4, 0.5) is 5.82 Å². The van der Waals surface area contributed by atoms with Crippen LogP contribution in [0.5, 0.6) is 0 Å². The summed E-state index contributed by atoms with van der Waals surface area (Å²) in [6, 6.07) is 0. The maximum Gasteiger partial charge on any atom is 0.293 e. The molecular weight excluding hydrogens is 336 g/mol. The van der Waals surface area contributed by atoms with Gasteiger partial charge < -0.3 is 14.2 Å².